The van der Waals surface area contributed by atoms with Gasteiger partial charge in [0.15, 0.2) is 0 Å². The van der Waals surface area contributed by atoms with Crippen LogP contribution in [0.15, 0.2) is 47.4 Å². The zero-order valence-electron chi connectivity index (χ0n) is 15.0. The molecule has 2 rings (SSSR count). The number of aliphatic hydroxyl groups is 1. The first-order valence-electron chi connectivity index (χ1n) is 8.58. The van der Waals surface area contributed by atoms with Gasteiger partial charge >= 0.3 is 0 Å². The molecular formula is C20H26N2O3. The second-order valence-electron chi connectivity index (χ2n) is 6.84. The van der Waals surface area contributed by atoms with Gasteiger partial charge in [-0.15, -0.1) is 0 Å². The molecule has 0 radical (unpaired) electrons. The first kappa shape index (κ1) is 18.9. The molecule has 1 unspecified atom stereocenters. The molecule has 0 bridgehead atoms. The lowest BCUT2D eigenvalue weighted by Crippen LogP contribution is -2.37. The van der Waals surface area contributed by atoms with Gasteiger partial charge in [-0.3, -0.25) is 9.59 Å². The van der Waals surface area contributed by atoms with Gasteiger partial charge in [0.05, 0.1) is 12.6 Å². The highest BCUT2D eigenvalue weighted by atomic mass is 16.3. The molecule has 1 heterocycles. The van der Waals surface area contributed by atoms with E-state index < -0.39 is 12.0 Å². The fourth-order valence-corrected chi connectivity index (χ4v) is 2.77. The molecular weight excluding hydrogens is 316 g/mol. The molecule has 2 aromatic rings. The van der Waals surface area contributed by atoms with E-state index in [1.165, 1.54) is 10.6 Å². The summed E-state index contributed by atoms with van der Waals surface area (Å²) < 4.78 is 1.52. The van der Waals surface area contributed by atoms with Crippen molar-refractivity contribution in [3.05, 3.63) is 69.6 Å². The molecule has 0 saturated heterocycles. The van der Waals surface area contributed by atoms with Crippen molar-refractivity contribution in [2.24, 2.45) is 5.92 Å². The van der Waals surface area contributed by atoms with Crippen molar-refractivity contribution >= 4 is 5.91 Å². The average Bonchev–Trinajstić information content (AvgIpc) is 2.54. The molecule has 134 valence electrons. The minimum absolute atomic E-state index is 0.0897. The van der Waals surface area contributed by atoms with Crippen molar-refractivity contribution in [3.8, 4) is 0 Å². The number of pyridine rings is 1. The summed E-state index contributed by atoms with van der Waals surface area (Å²) in [5, 5.41) is 12.5. The quantitative estimate of drug-likeness (QED) is 0.811. The van der Waals surface area contributed by atoms with Gasteiger partial charge in [0.25, 0.3) is 11.5 Å². The molecule has 0 saturated carbocycles. The molecule has 1 atom stereocenters. The Kier molecular flexibility index (Phi) is 6.53. The highest BCUT2D eigenvalue weighted by molar-refractivity contribution is 5.93. The monoisotopic (exact) mass is 342 g/mol. The van der Waals surface area contributed by atoms with Crippen LogP contribution in [0, 0.1) is 12.8 Å². The Morgan fingerprint density at radius 2 is 2.00 bits per heavy atom. The van der Waals surface area contributed by atoms with E-state index >= 15 is 0 Å². The number of nitrogens with zero attached hydrogens (tertiary/aromatic N) is 1. The van der Waals surface area contributed by atoms with Crippen molar-refractivity contribution in [2.75, 3.05) is 6.54 Å². The molecule has 5 heteroatoms. The van der Waals surface area contributed by atoms with E-state index in [-0.39, 0.29) is 17.7 Å². The third-order valence-corrected chi connectivity index (χ3v) is 3.94. The summed E-state index contributed by atoms with van der Waals surface area (Å²) in [7, 11) is 0. The van der Waals surface area contributed by atoms with Crippen molar-refractivity contribution in [1.82, 2.24) is 9.88 Å². The third-order valence-electron chi connectivity index (χ3n) is 3.94. The fourth-order valence-electron chi connectivity index (χ4n) is 2.77. The van der Waals surface area contributed by atoms with Crippen LogP contribution in [0.1, 0.15) is 41.8 Å². The van der Waals surface area contributed by atoms with Crippen LogP contribution in [-0.2, 0) is 6.54 Å². The third kappa shape index (κ3) is 5.57. The number of carbonyl (C=O) groups excluding carboxylic acids is 1. The van der Waals surface area contributed by atoms with E-state index in [2.05, 4.69) is 5.32 Å². The first-order chi connectivity index (χ1) is 11.9. The van der Waals surface area contributed by atoms with Crippen LogP contribution in [-0.4, -0.2) is 28.2 Å². The fraction of sp³-hybridized carbons (Fsp3) is 0.400. The predicted molar refractivity (Wildman–Crippen MR) is 98.8 cm³/mol. The highest BCUT2D eigenvalue weighted by Crippen LogP contribution is 2.06. The lowest BCUT2D eigenvalue weighted by atomic mass is 10.1. The number of hydrogen-bond donors (Lipinski definition) is 2. The van der Waals surface area contributed by atoms with Crippen LogP contribution in [0.25, 0.3) is 0 Å². The van der Waals surface area contributed by atoms with Gasteiger partial charge in [0.2, 0.25) is 0 Å². The largest absolute Gasteiger partial charge is 0.391 e. The van der Waals surface area contributed by atoms with Crippen molar-refractivity contribution in [3.63, 3.8) is 0 Å². The Hall–Kier alpha value is -2.40. The van der Waals surface area contributed by atoms with Gasteiger partial charge in [-0.25, -0.2) is 0 Å². The number of rotatable bonds is 7. The summed E-state index contributed by atoms with van der Waals surface area (Å²) in [6, 6.07) is 11.1. The number of nitrogens with one attached hydrogen (secondary N) is 1. The van der Waals surface area contributed by atoms with Crippen LogP contribution >= 0.6 is 0 Å². The molecule has 5 nitrogen and oxygen atoms in total. The molecule has 1 aromatic heterocycles. The maximum absolute atomic E-state index is 12.6. The minimum Gasteiger partial charge on any atom is -0.391 e. The Labute approximate surface area is 148 Å². The van der Waals surface area contributed by atoms with E-state index in [9.17, 15) is 14.7 Å². The van der Waals surface area contributed by atoms with Crippen LogP contribution < -0.4 is 10.9 Å². The summed E-state index contributed by atoms with van der Waals surface area (Å²) in [5.41, 5.74) is 1.89. The second kappa shape index (κ2) is 8.62. The lowest BCUT2D eigenvalue weighted by molar-refractivity contribution is 0.0898. The van der Waals surface area contributed by atoms with E-state index in [4.69, 9.17) is 0 Å². The number of carbonyl (C=O) groups is 1. The Balaban J connectivity index is 2.09. The zero-order valence-corrected chi connectivity index (χ0v) is 15.0. The number of aromatic nitrogens is 1. The van der Waals surface area contributed by atoms with Gasteiger partial charge < -0.3 is 15.0 Å². The maximum atomic E-state index is 12.6. The molecule has 0 fully saturated rings. The van der Waals surface area contributed by atoms with Gasteiger partial charge in [0.1, 0.15) is 5.56 Å². The SMILES string of the molecule is Cc1cccc(Cn2cccc(C(=O)NCC(O)CC(C)C)c2=O)c1. The minimum atomic E-state index is -0.609. The molecule has 25 heavy (non-hydrogen) atoms. The molecule has 0 aliphatic rings. The van der Waals surface area contributed by atoms with Crippen molar-refractivity contribution in [1.29, 1.82) is 0 Å². The summed E-state index contributed by atoms with van der Waals surface area (Å²) in [5.74, 6) is -0.110. The number of hydrogen-bond acceptors (Lipinski definition) is 3. The number of amides is 1. The van der Waals surface area contributed by atoms with Crippen molar-refractivity contribution < 1.29 is 9.90 Å². The second-order valence-corrected chi connectivity index (χ2v) is 6.84. The van der Waals surface area contributed by atoms with Gasteiger partial charge in [0, 0.05) is 12.7 Å². The summed E-state index contributed by atoms with van der Waals surface area (Å²) in [6.07, 6.45) is 1.67. The predicted octanol–water partition coefficient (Wildman–Crippen LogP) is 2.34. The van der Waals surface area contributed by atoms with E-state index in [1.54, 1.807) is 12.3 Å². The normalized spacial score (nSPS) is 12.2. The molecule has 0 spiro atoms. The zero-order chi connectivity index (χ0) is 18.4. The van der Waals surface area contributed by atoms with Crippen molar-refractivity contribution in [2.45, 2.75) is 39.8 Å². The average molecular weight is 342 g/mol. The molecule has 1 aromatic carbocycles. The highest BCUT2D eigenvalue weighted by Gasteiger charge is 2.14. The Morgan fingerprint density at radius 3 is 2.68 bits per heavy atom. The lowest BCUT2D eigenvalue weighted by Gasteiger charge is -2.14. The molecule has 0 aliphatic carbocycles. The first-order valence-corrected chi connectivity index (χ1v) is 8.58. The van der Waals surface area contributed by atoms with E-state index in [0.29, 0.717) is 18.9 Å². The summed E-state index contributed by atoms with van der Waals surface area (Å²) >= 11 is 0. The number of aryl methyl sites for hydroxylation is 1. The molecule has 2 N–H and O–H groups in total. The van der Waals surface area contributed by atoms with Crippen LogP contribution in [0.3, 0.4) is 0 Å². The smallest absolute Gasteiger partial charge is 0.263 e. The van der Waals surface area contributed by atoms with Crippen LogP contribution in [0.2, 0.25) is 0 Å². The number of benzene rings is 1. The maximum Gasteiger partial charge on any atom is 0.263 e. The Morgan fingerprint density at radius 1 is 1.24 bits per heavy atom. The molecule has 0 aliphatic heterocycles. The number of aliphatic hydroxyl groups excluding tert-OH is 1. The molecule has 1 amide bonds. The summed E-state index contributed by atoms with van der Waals surface area (Å²) in [4.78, 5) is 24.8. The topological polar surface area (TPSA) is 71.3 Å². The van der Waals surface area contributed by atoms with Crippen LogP contribution in [0.5, 0.6) is 0 Å². The van der Waals surface area contributed by atoms with Gasteiger partial charge in [-0.2, -0.15) is 0 Å². The van der Waals surface area contributed by atoms with Gasteiger partial charge in [-0.05, 0) is 37.0 Å². The summed E-state index contributed by atoms with van der Waals surface area (Å²) in [6.45, 7) is 6.57. The standard InChI is InChI=1S/C20H26N2O3/c1-14(2)10-17(23)12-21-19(24)18-8-5-9-22(20(18)25)13-16-7-4-6-15(3)11-16/h4-9,11,14,17,23H,10,12-13H2,1-3H3,(H,21,24). The van der Waals surface area contributed by atoms with E-state index in [1.807, 2.05) is 45.0 Å². The Bertz CT molecular complexity index is 781. The van der Waals surface area contributed by atoms with E-state index in [0.717, 1.165) is 11.1 Å². The van der Waals surface area contributed by atoms with Crippen LogP contribution in [0.4, 0.5) is 0 Å². The van der Waals surface area contributed by atoms with Gasteiger partial charge in [-0.1, -0.05) is 43.7 Å².